The van der Waals surface area contributed by atoms with Gasteiger partial charge < -0.3 is 0 Å². The minimum Gasteiger partial charge on any atom is -0.167 e. The molecular formula is C24H27F3. The van der Waals surface area contributed by atoms with Gasteiger partial charge in [0.2, 0.25) is 0 Å². The van der Waals surface area contributed by atoms with Crippen LogP contribution in [0.3, 0.4) is 0 Å². The summed E-state index contributed by atoms with van der Waals surface area (Å²) < 4.78 is 37.7. The molecule has 0 spiro atoms. The quantitative estimate of drug-likeness (QED) is 0.499. The van der Waals surface area contributed by atoms with Crippen molar-refractivity contribution in [1.82, 2.24) is 0 Å². The van der Waals surface area contributed by atoms with Crippen molar-refractivity contribution in [3.8, 4) is 11.1 Å². The zero-order valence-corrected chi connectivity index (χ0v) is 15.8. The zero-order chi connectivity index (χ0) is 19.3. The van der Waals surface area contributed by atoms with Crippen molar-refractivity contribution in [2.24, 2.45) is 5.92 Å². The Hall–Kier alpha value is -2.03. The van der Waals surface area contributed by atoms with E-state index in [4.69, 9.17) is 0 Å². The van der Waals surface area contributed by atoms with E-state index in [1.165, 1.54) is 37.3 Å². The first-order valence-corrected chi connectivity index (χ1v) is 9.91. The molecule has 144 valence electrons. The molecular weight excluding hydrogens is 345 g/mol. The number of alkyl halides is 3. The summed E-state index contributed by atoms with van der Waals surface area (Å²) in [6, 6.07) is 15.9. The van der Waals surface area contributed by atoms with Gasteiger partial charge in [-0.15, -0.1) is 0 Å². The molecule has 0 saturated heterocycles. The highest BCUT2D eigenvalue weighted by Gasteiger charge is 2.25. The van der Waals surface area contributed by atoms with Gasteiger partial charge in [0.05, 0.1) is 0 Å². The van der Waals surface area contributed by atoms with E-state index in [9.17, 15) is 13.2 Å². The fourth-order valence-electron chi connectivity index (χ4n) is 4.26. The van der Waals surface area contributed by atoms with E-state index in [1.807, 2.05) is 30.3 Å². The molecule has 0 amide bonds. The summed E-state index contributed by atoms with van der Waals surface area (Å²) in [7, 11) is 0. The van der Waals surface area contributed by atoms with E-state index in [1.54, 1.807) is 6.07 Å². The van der Waals surface area contributed by atoms with E-state index in [0.717, 1.165) is 29.9 Å². The summed E-state index contributed by atoms with van der Waals surface area (Å²) >= 11 is 0. The molecule has 3 rings (SSSR count). The highest BCUT2D eigenvalue weighted by Crippen LogP contribution is 2.41. The van der Waals surface area contributed by atoms with Crippen LogP contribution in [0.15, 0.2) is 54.6 Å². The molecule has 2 aromatic rings. The first kappa shape index (κ1) is 19.7. The van der Waals surface area contributed by atoms with Crippen LogP contribution in [0, 0.1) is 5.92 Å². The second-order valence-corrected chi connectivity index (χ2v) is 7.59. The Morgan fingerprint density at radius 3 is 2.30 bits per heavy atom. The van der Waals surface area contributed by atoms with Crippen molar-refractivity contribution in [2.75, 3.05) is 0 Å². The van der Waals surface area contributed by atoms with Crippen LogP contribution in [-0.4, -0.2) is 6.18 Å². The average Bonchev–Trinajstić information content (AvgIpc) is 2.67. The maximum absolute atomic E-state index is 12.6. The SMILES string of the molecule is CCCC1CCC(c2cc(C=CC(F)(F)F)ccc2-c2ccccc2)CC1. The molecule has 0 N–H and O–H groups in total. The lowest BCUT2D eigenvalue weighted by Crippen LogP contribution is -2.14. The Balaban J connectivity index is 1.91. The number of hydrogen-bond donors (Lipinski definition) is 0. The molecule has 0 bridgehead atoms. The molecule has 0 aromatic heterocycles. The number of rotatable bonds is 5. The van der Waals surface area contributed by atoms with Crippen LogP contribution in [0.4, 0.5) is 13.2 Å². The Kier molecular flexibility index (Phi) is 6.41. The van der Waals surface area contributed by atoms with Crippen LogP contribution in [-0.2, 0) is 0 Å². The highest BCUT2D eigenvalue weighted by molar-refractivity contribution is 5.70. The van der Waals surface area contributed by atoms with E-state index in [2.05, 4.69) is 19.1 Å². The molecule has 1 aliphatic carbocycles. The second-order valence-electron chi connectivity index (χ2n) is 7.59. The first-order valence-electron chi connectivity index (χ1n) is 9.91. The summed E-state index contributed by atoms with van der Waals surface area (Å²) in [5, 5.41) is 0. The van der Waals surface area contributed by atoms with Crippen molar-refractivity contribution in [2.45, 2.75) is 57.5 Å². The molecule has 1 fully saturated rings. The molecule has 0 atom stereocenters. The molecule has 27 heavy (non-hydrogen) atoms. The van der Waals surface area contributed by atoms with Crippen LogP contribution in [0.25, 0.3) is 17.2 Å². The lowest BCUT2D eigenvalue weighted by Gasteiger charge is -2.30. The summed E-state index contributed by atoms with van der Waals surface area (Å²) in [6.45, 7) is 2.23. The Bertz CT molecular complexity index is 751. The van der Waals surface area contributed by atoms with Crippen LogP contribution < -0.4 is 0 Å². The standard InChI is InChI=1S/C24H27F3/c1-2-6-18-9-12-21(13-10-18)23-17-19(15-16-24(25,26)27)11-14-22(23)20-7-4-3-5-8-20/h3-5,7-8,11,14-18,21H,2,6,9-10,12-13H2,1H3. The number of halogens is 3. The van der Waals surface area contributed by atoms with Gasteiger partial charge >= 0.3 is 6.18 Å². The number of benzene rings is 2. The Morgan fingerprint density at radius 1 is 0.963 bits per heavy atom. The lowest BCUT2D eigenvalue weighted by atomic mass is 9.75. The van der Waals surface area contributed by atoms with Crippen molar-refractivity contribution in [1.29, 1.82) is 0 Å². The van der Waals surface area contributed by atoms with Gasteiger partial charge in [-0.25, -0.2) is 0 Å². The Labute approximate surface area is 160 Å². The van der Waals surface area contributed by atoms with E-state index in [0.29, 0.717) is 17.6 Å². The fourth-order valence-corrected chi connectivity index (χ4v) is 4.26. The largest absolute Gasteiger partial charge is 0.409 e. The Morgan fingerprint density at radius 2 is 1.67 bits per heavy atom. The highest BCUT2D eigenvalue weighted by atomic mass is 19.4. The van der Waals surface area contributed by atoms with Gasteiger partial charge in [0.15, 0.2) is 0 Å². The summed E-state index contributed by atoms with van der Waals surface area (Å²) in [5.41, 5.74) is 4.10. The molecule has 3 heteroatoms. The van der Waals surface area contributed by atoms with Crippen LogP contribution in [0.5, 0.6) is 0 Å². The van der Waals surface area contributed by atoms with Gasteiger partial charge in [-0.2, -0.15) is 13.2 Å². The molecule has 0 radical (unpaired) electrons. The van der Waals surface area contributed by atoms with Crippen molar-refractivity contribution >= 4 is 6.08 Å². The molecule has 0 unspecified atom stereocenters. The molecule has 0 nitrogen and oxygen atoms in total. The van der Waals surface area contributed by atoms with Crippen molar-refractivity contribution in [3.63, 3.8) is 0 Å². The normalized spacial score (nSPS) is 20.9. The molecule has 0 aliphatic heterocycles. The van der Waals surface area contributed by atoms with Crippen LogP contribution in [0.1, 0.15) is 62.5 Å². The molecule has 1 aliphatic rings. The average molecular weight is 372 g/mol. The van der Waals surface area contributed by atoms with Gasteiger partial charge in [0.25, 0.3) is 0 Å². The third kappa shape index (κ3) is 5.47. The minimum absolute atomic E-state index is 0.326. The van der Waals surface area contributed by atoms with Crippen LogP contribution >= 0.6 is 0 Å². The fraction of sp³-hybridized carbons (Fsp3) is 0.417. The maximum atomic E-state index is 12.6. The van der Waals surface area contributed by atoms with Gasteiger partial charge in [0, 0.05) is 6.08 Å². The lowest BCUT2D eigenvalue weighted by molar-refractivity contribution is -0.0790. The molecule has 1 saturated carbocycles. The third-order valence-corrected chi connectivity index (χ3v) is 5.61. The molecule has 2 aromatic carbocycles. The third-order valence-electron chi connectivity index (χ3n) is 5.61. The predicted molar refractivity (Wildman–Crippen MR) is 107 cm³/mol. The number of allylic oxidation sites excluding steroid dienone is 1. The molecule has 0 heterocycles. The van der Waals surface area contributed by atoms with E-state index in [-0.39, 0.29) is 0 Å². The van der Waals surface area contributed by atoms with E-state index >= 15 is 0 Å². The predicted octanol–water partition coefficient (Wildman–Crippen LogP) is 8.00. The van der Waals surface area contributed by atoms with Gasteiger partial charge in [-0.1, -0.05) is 74.4 Å². The van der Waals surface area contributed by atoms with Gasteiger partial charge in [0.1, 0.15) is 0 Å². The zero-order valence-electron chi connectivity index (χ0n) is 15.8. The van der Waals surface area contributed by atoms with Crippen LogP contribution in [0.2, 0.25) is 0 Å². The summed E-state index contributed by atoms with van der Waals surface area (Å²) in [4.78, 5) is 0. The maximum Gasteiger partial charge on any atom is 0.409 e. The first-order chi connectivity index (χ1) is 13.0. The smallest absolute Gasteiger partial charge is 0.167 e. The van der Waals surface area contributed by atoms with Crippen molar-refractivity contribution in [3.05, 3.63) is 65.7 Å². The summed E-state index contributed by atoms with van der Waals surface area (Å²) in [6.07, 6.45) is 4.41. The van der Waals surface area contributed by atoms with E-state index < -0.39 is 6.18 Å². The van der Waals surface area contributed by atoms with Crippen molar-refractivity contribution < 1.29 is 13.2 Å². The minimum atomic E-state index is -4.28. The van der Waals surface area contributed by atoms with Gasteiger partial charge in [-0.05, 0) is 59.8 Å². The number of hydrogen-bond acceptors (Lipinski definition) is 0. The van der Waals surface area contributed by atoms with Gasteiger partial charge in [-0.3, -0.25) is 0 Å². The topological polar surface area (TPSA) is 0 Å². The summed E-state index contributed by atoms with van der Waals surface area (Å²) in [5.74, 6) is 1.23. The second kappa shape index (κ2) is 8.77. The monoisotopic (exact) mass is 372 g/mol.